The summed E-state index contributed by atoms with van der Waals surface area (Å²) in [5.74, 6) is 0. The second-order valence-corrected chi connectivity index (χ2v) is 17.8. The lowest BCUT2D eigenvalue weighted by molar-refractivity contribution is 0.793. The van der Waals surface area contributed by atoms with Gasteiger partial charge in [-0.1, -0.05) is 200 Å². The second-order valence-electron chi connectivity index (χ2n) is 17.8. The van der Waals surface area contributed by atoms with Crippen LogP contribution in [0.3, 0.4) is 0 Å². The number of anilines is 3. The van der Waals surface area contributed by atoms with Crippen molar-refractivity contribution in [1.29, 1.82) is 0 Å². The van der Waals surface area contributed by atoms with Crippen molar-refractivity contribution in [3.05, 3.63) is 269 Å². The van der Waals surface area contributed by atoms with Gasteiger partial charge in [0.15, 0.2) is 0 Å². The van der Waals surface area contributed by atoms with Crippen LogP contribution in [0.4, 0.5) is 17.1 Å². The fourth-order valence-corrected chi connectivity index (χ4v) is 13.1. The fourth-order valence-electron chi connectivity index (χ4n) is 13.1. The second kappa shape index (κ2) is 11.9. The average Bonchev–Trinajstić information content (AvgIpc) is 4.11. The van der Waals surface area contributed by atoms with Crippen LogP contribution in [-0.2, 0) is 10.8 Å². The Balaban J connectivity index is 1.05. The van der Waals surface area contributed by atoms with E-state index in [1.54, 1.807) is 0 Å². The molecule has 0 aliphatic heterocycles. The molecular formula is C62H37N. The molecule has 1 nitrogen and oxygen atoms in total. The van der Waals surface area contributed by atoms with Crippen LogP contribution in [0.2, 0.25) is 0 Å². The van der Waals surface area contributed by atoms with Gasteiger partial charge in [0.25, 0.3) is 0 Å². The summed E-state index contributed by atoms with van der Waals surface area (Å²) in [6.07, 6.45) is 0. The van der Waals surface area contributed by atoms with Gasteiger partial charge in [0.2, 0.25) is 0 Å². The fraction of sp³-hybridized carbons (Fsp3) is 0.0323. The molecule has 0 radical (unpaired) electrons. The highest BCUT2D eigenvalue weighted by atomic mass is 15.1. The first kappa shape index (κ1) is 33.7. The monoisotopic (exact) mass is 795 g/mol. The Hall–Kier alpha value is -8.00. The molecule has 0 fully saturated rings. The van der Waals surface area contributed by atoms with Crippen molar-refractivity contribution in [2.45, 2.75) is 10.8 Å². The summed E-state index contributed by atoms with van der Waals surface area (Å²) in [6, 6.07) is 84.9. The zero-order valence-electron chi connectivity index (χ0n) is 34.3. The molecule has 10 aromatic carbocycles. The van der Waals surface area contributed by atoms with Crippen LogP contribution in [0.25, 0.3) is 66.8 Å². The van der Waals surface area contributed by atoms with Crippen LogP contribution in [-0.4, -0.2) is 0 Å². The number of fused-ring (bicyclic) bond motifs is 15. The Bertz CT molecular complexity index is 3570. The van der Waals surface area contributed by atoms with Crippen molar-refractivity contribution < 1.29 is 0 Å². The van der Waals surface area contributed by atoms with Gasteiger partial charge in [-0.3, -0.25) is 0 Å². The number of rotatable bonds is 4. The predicted octanol–water partition coefficient (Wildman–Crippen LogP) is 15.5. The molecule has 0 aromatic heterocycles. The topological polar surface area (TPSA) is 3.24 Å². The van der Waals surface area contributed by atoms with Gasteiger partial charge in [-0.15, -0.1) is 0 Å². The Kier molecular flexibility index (Phi) is 6.35. The maximum absolute atomic E-state index is 2.59. The molecule has 290 valence electrons. The first-order valence-electron chi connectivity index (χ1n) is 22.2. The molecule has 2 spiro atoms. The summed E-state index contributed by atoms with van der Waals surface area (Å²) in [6.45, 7) is 0. The van der Waals surface area contributed by atoms with Crippen LogP contribution < -0.4 is 4.90 Å². The lowest BCUT2D eigenvalue weighted by Crippen LogP contribution is -2.26. The molecule has 0 bridgehead atoms. The quantitative estimate of drug-likeness (QED) is 0.171. The van der Waals surface area contributed by atoms with E-state index in [1.165, 1.54) is 117 Å². The third-order valence-corrected chi connectivity index (χ3v) is 15.2. The normalized spacial score (nSPS) is 16.1. The summed E-state index contributed by atoms with van der Waals surface area (Å²) in [5, 5.41) is 0. The van der Waals surface area contributed by atoms with Crippen LogP contribution >= 0.6 is 0 Å². The Morgan fingerprint density at radius 2 is 0.667 bits per heavy atom. The summed E-state index contributed by atoms with van der Waals surface area (Å²) in [4.78, 5) is 2.59. The van der Waals surface area contributed by atoms with Gasteiger partial charge in [-0.05, 0) is 124 Å². The highest BCUT2D eigenvalue weighted by molar-refractivity contribution is 6.08. The molecule has 1 unspecified atom stereocenters. The molecule has 0 saturated carbocycles. The molecule has 0 N–H and O–H groups in total. The predicted molar refractivity (Wildman–Crippen MR) is 258 cm³/mol. The molecule has 5 aliphatic carbocycles. The smallest absolute Gasteiger partial charge is 0.0738 e. The lowest BCUT2D eigenvalue weighted by atomic mass is 9.70. The van der Waals surface area contributed by atoms with E-state index in [9.17, 15) is 0 Å². The van der Waals surface area contributed by atoms with Crippen molar-refractivity contribution in [3.8, 4) is 66.8 Å². The summed E-state index contributed by atoms with van der Waals surface area (Å²) in [7, 11) is 0. The summed E-state index contributed by atoms with van der Waals surface area (Å²) < 4.78 is 0. The van der Waals surface area contributed by atoms with E-state index in [2.05, 4.69) is 229 Å². The van der Waals surface area contributed by atoms with E-state index >= 15 is 0 Å². The van der Waals surface area contributed by atoms with Gasteiger partial charge in [-0.2, -0.15) is 0 Å². The minimum Gasteiger partial charge on any atom is -0.309 e. The first-order valence-corrected chi connectivity index (χ1v) is 22.2. The molecule has 63 heavy (non-hydrogen) atoms. The number of nitrogens with zero attached hydrogens (tertiary/aromatic N) is 1. The van der Waals surface area contributed by atoms with Crippen LogP contribution in [0.15, 0.2) is 224 Å². The molecule has 5 aliphatic rings. The zero-order chi connectivity index (χ0) is 41.0. The molecule has 10 aromatic rings. The minimum absolute atomic E-state index is 0.392. The van der Waals surface area contributed by atoms with Gasteiger partial charge < -0.3 is 4.90 Å². The summed E-state index contributed by atoms with van der Waals surface area (Å²) in [5.41, 5.74) is 29.3. The molecule has 1 heteroatoms. The van der Waals surface area contributed by atoms with Gasteiger partial charge in [0.05, 0.1) is 22.2 Å². The van der Waals surface area contributed by atoms with Crippen molar-refractivity contribution in [2.24, 2.45) is 0 Å². The highest BCUT2D eigenvalue weighted by Crippen LogP contribution is 2.71. The first-order chi connectivity index (χ1) is 31.3. The molecule has 0 heterocycles. The number of para-hydroxylation sites is 1. The van der Waals surface area contributed by atoms with E-state index in [0.717, 1.165) is 11.4 Å². The van der Waals surface area contributed by atoms with E-state index in [0.29, 0.717) is 0 Å². The molecular weight excluding hydrogens is 759 g/mol. The summed E-state index contributed by atoms with van der Waals surface area (Å²) >= 11 is 0. The standard InChI is InChI=1S/C62H37N/c1-2-17-38(18-3-1)40-19-8-13-33-56(40)63(57-34-16-32-54-58(57)49-23-7-12-31-53(49)61(54)50-28-9-4-20-41(50)42-21-5-10-29-51(42)61)39-35-36-44-46-25-15-27-48-47-26-14-24-45-43-22-6-11-30-52(43)62(59(45)47,60(46)48)55(44)37-39/h1-37H. The number of hydrogen-bond acceptors (Lipinski definition) is 1. The van der Waals surface area contributed by atoms with Crippen molar-refractivity contribution in [1.82, 2.24) is 0 Å². The van der Waals surface area contributed by atoms with E-state index in [4.69, 9.17) is 0 Å². The van der Waals surface area contributed by atoms with Crippen molar-refractivity contribution >= 4 is 17.1 Å². The van der Waals surface area contributed by atoms with Gasteiger partial charge in [0, 0.05) is 16.8 Å². The van der Waals surface area contributed by atoms with Crippen molar-refractivity contribution in [3.63, 3.8) is 0 Å². The Labute approximate surface area is 366 Å². The molecule has 15 rings (SSSR count). The Morgan fingerprint density at radius 1 is 0.254 bits per heavy atom. The van der Waals surface area contributed by atoms with E-state index in [-0.39, 0.29) is 0 Å². The molecule has 0 saturated heterocycles. The lowest BCUT2D eigenvalue weighted by Gasteiger charge is -2.33. The maximum Gasteiger partial charge on any atom is 0.0738 e. The SMILES string of the molecule is c1ccc(-c2ccccc2N(c2ccc3c(c2)C24c5ccccc5-c5cccc(c52)-c2cccc-3c24)c2cccc3c2-c2ccccc2C32c3ccccc3-c3ccccc32)cc1. The highest BCUT2D eigenvalue weighted by Gasteiger charge is 2.58. The van der Waals surface area contributed by atoms with Gasteiger partial charge in [0.1, 0.15) is 0 Å². The van der Waals surface area contributed by atoms with Crippen LogP contribution in [0.1, 0.15) is 44.5 Å². The minimum atomic E-state index is -0.452. The van der Waals surface area contributed by atoms with E-state index < -0.39 is 10.8 Å². The average molecular weight is 796 g/mol. The third kappa shape index (κ3) is 3.88. The maximum atomic E-state index is 2.59. The largest absolute Gasteiger partial charge is 0.309 e. The zero-order valence-corrected chi connectivity index (χ0v) is 34.3. The number of hydrogen-bond donors (Lipinski definition) is 0. The van der Waals surface area contributed by atoms with Gasteiger partial charge >= 0.3 is 0 Å². The van der Waals surface area contributed by atoms with Crippen LogP contribution in [0.5, 0.6) is 0 Å². The number of benzene rings is 10. The van der Waals surface area contributed by atoms with Crippen LogP contribution in [0, 0.1) is 0 Å². The van der Waals surface area contributed by atoms with Crippen molar-refractivity contribution in [2.75, 3.05) is 4.90 Å². The third-order valence-electron chi connectivity index (χ3n) is 15.2. The van der Waals surface area contributed by atoms with Gasteiger partial charge in [-0.25, -0.2) is 0 Å². The molecule has 1 atom stereocenters. The molecule has 0 amide bonds. The Morgan fingerprint density at radius 3 is 1.30 bits per heavy atom. The van der Waals surface area contributed by atoms with E-state index in [1.807, 2.05) is 0 Å².